The Labute approximate surface area is 187 Å². The van der Waals surface area contributed by atoms with Crippen LogP contribution in [0.15, 0.2) is 29.4 Å². The number of amides is 2. The zero-order valence-electron chi connectivity index (χ0n) is 18.7. The lowest BCUT2D eigenvalue weighted by atomic mass is 10.2. The molecule has 1 aromatic rings. The molecule has 0 atom stereocenters. The molecular weight excluding hydrogens is 422 g/mol. The van der Waals surface area contributed by atoms with Crippen molar-refractivity contribution in [3.63, 3.8) is 0 Å². The van der Waals surface area contributed by atoms with Crippen molar-refractivity contribution in [1.82, 2.24) is 10.9 Å². The smallest absolute Gasteiger partial charge is 0.426 e. The van der Waals surface area contributed by atoms with Crippen LogP contribution in [0.5, 0.6) is 5.75 Å². The number of carbonyl (C=O) groups is 2. The van der Waals surface area contributed by atoms with E-state index in [1.807, 2.05) is 0 Å². The summed E-state index contributed by atoms with van der Waals surface area (Å²) < 4.78 is 26.5. The molecular formula is C20H31N5O7. The number of benzene rings is 1. The van der Waals surface area contributed by atoms with Gasteiger partial charge in [0.05, 0.1) is 39.6 Å². The molecule has 0 aromatic heterocycles. The van der Waals surface area contributed by atoms with Gasteiger partial charge in [-0.2, -0.15) is 0 Å². The Morgan fingerprint density at radius 3 is 2.03 bits per heavy atom. The highest BCUT2D eigenvalue weighted by molar-refractivity contribution is 5.95. The van der Waals surface area contributed by atoms with Crippen LogP contribution in [0.25, 0.3) is 10.4 Å². The van der Waals surface area contributed by atoms with Crippen LogP contribution in [0.3, 0.4) is 0 Å². The van der Waals surface area contributed by atoms with Crippen molar-refractivity contribution < 1.29 is 33.3 Å². The summed E-state index contributed by atoms with van der Waals surface area (Å²) in [5.74, 6) is 0.103. The molecule has 0 fully saturated rings. The van der Waals surface area contributed by atoms with E-state index in [0.29, 0.717) is 64.1 Å². The second-order valence-electron chi connectivity index (χ2n) is 7.25. The molecule has 2 amide bonds. The largest absolute Gasteiger partial charge is 0.491 e. The molecule has 12 heteroatoms. The fourth-order valence-electron chi connectivity index (χ4n) is 2.10. The number of rotatable bonds is 14. The zero-order valence-corrected chi connectivity index (χ0v) is 18.7. The number of ether oxygens (including phenoxy) is 5. The van der Waals surface area contributed by atoms with Gasteiger partial charge in [0.1, 0.15) is 18.0 Å². The van der Waals surface area contributed by atoms with Gasteiger partial charge in [-0.05, 0) is 50.6 Å². The van der Waals surface area contributed by atoms with Crippen LogP contribution in [0.1, 0.15) is 31.1 Å². The van der Waals surface area contributed by atoms with Crippen LogP contribution in [-0.2, 0) is 18.9 Å². The molecule has 0 radical (unpaired) electrons. The number of hydrogen-bond donors (Lipinski definition) is 2. The maximum Gasteiger partial charge on any atom is 0.426 e. The van der Waals surface area contributed by atoms with E-state index in [1.54, 1.807) is 45.0 Å². The number of nitrogens with zero attached hydrogens (tertiary/aromatic N) is 3. The average molecular weight is 453 g/mol. The monoisotopic (exact) mass is 453 g/mol. The summed E-state index contributed by atoms with van der Waals surface area (Å²) in [5.41, 5.74) is 12.3. The minimum Gasteiger partial charge on any atom is -0.491 e. The predicted octanol–water partition coefficient (Wildman–Crippen LogP) is 2.60. The van der Waals surface area contributed by atoms with Gasteiger partial charge in [-0.3, -0.25) is 10.2 Å². The van der Waals surface area contributed by atoms with E-state index in [1.165, 1.54) is 0 Å². The third-order valence-electron chi connectivity index (χ3n) is 3.43. The van der Waals surface area contributed by atoms with Gasteiger partial charge in [-0.1, -0.05) is 5.11 Å². The van der Waals surface area contributed by atoms with Gasteiger partial charge in [0.2, 0.25) is 0 Å². The van der Waals surface area contributed by atoms with E-state index in [-0.39, 0.29) is 0 Å². The van der Waals surface area contributed by atoms with Crippen molar-refractivity contribution in [2.75, 3.05) is 52.8 Å². The number of hydrogen-bond acceptors (Lipinski definition) is 8. The highest BCUT2D eigenvalue weighted by Gasteiger charge is 2.16. The molecule has 1 rings (SSSR count). The molecule has 0 heterocycles. The second kappa shape index (κ2) is 15.7. The van der Waals surface area contributed by atoms with Crippen LogP contribution < -0.4 is 15.6 Å². The van der Waals surface area contributed by atoms with Crippen LogP contribution in [-0.4, -0.2) is 70.4 Å². The molecule has 12 nitrogen and oxygen atoms in total. The first-order chi connectivity index (χ1) is 15.3. The molecule has 0 aliphatic rings. The van der Waals surface area contributed by atoms with E-state index < -0.39 is 17.6 Å². The third-order valence-corrected chi connectivity index (χ3v) is 3.43. The Kier molecular flexibility index (Phi) is 13.2. The minimum absolute atomic E-state index is 0.306. The molecule has 0 unspecified atom stereocenters. The third kappa shape index (κ3) is 14.0. The Hall–Kier alpha value is -3.05. The summed E-state index contributed by atoms with van der Waals surface area (Å²) in [4.78, 5) is 26.2. The van der Waals surface area contributed by atoms with Crippen molar-refractivity contribution in [3.05, 3.63) is 40.3 Å². The quantitative estimate of drug-likeness (QED) is 0.144. The highest BCUT2D eigenvalue weighted by atomic mass is 16.6. The molecule has 1 aromatic carbocycles. The summed E-state index contributed by atoms with van der Waals surface area (Å²) >= 11 is 0. The Bertz CT molecular complexity index is 731. The van der Waals surface area contributed by atoms with Crippen molar-refractivity contribution in [3.8, 4) is 5.75 Å². The highest BCUT2D eigenvalue weighted by Crippen LogP contribution is 2.12. The van der Waals surface area contributed by atoms with E-state index in [2.05, 4.69) is 20.9 Å². The van der Waals surface area contributed by atoms with Gasteiger partial charge in [-0.15, -0.1) is 0 Å². The lowest BCUT2D eigenvalue weighted by molar-refractivity contribution is 0.0106. The van der Waals surface area contributed by atoms with Crippen LogP contribution >= 0.6 is 0 Å². The topological polar surface area (TPSA) is 153 Å². The van der Waals surface area contributed by atoms with Gasteiger partial charge in [0, 0.05) is 17.0 Å². The SMILES string of the molecule is CC(C)(C)OC(=O)NNC(=O)c1ccc(OCCOCCOCCOCCN=[N+]=[N-])cc1. The van der Waals surface area contributed by atoms with Crippen LogP contribution in [0, 0.1) is 0 Å². The number of azide groups is 1. The molecule has 0 saturated carbocycles. The molecule has 0 bridgehead atoms. The van der Waals surface area contributed by atoms with E-state index >= 15 is 0 Å². The average Bonchev–Trinajstić information content (AvgIpc) is 2.74. The predicted molar refractivity (Wildman–Crippen MR) is 115 cm³/mol. The normalized spacial score (nSPS) is 10.7. The molecule has 178 valence electrons. The van der Waals surface area contributed by atoms with Crippen molar-refractivity contribution >= 4 is 12.0 Å². The summed E-state index contributed by atoms with van der Waals surface area (Å²) in [6.45, 7) is 8.29. The summed E-state index contributed by atoms with van der Waals surface area (Å²) in [6.07, 6.45) is -0.744. The molecule has 0 aliphatic heterocycles. The van der Waals surface area contributed by atoms with Crippen LogP contribution in [0.4, 0.5) is 4.79 Å². The fourth-order valence-corrected chi connectivity index (χ4v) is 2.10. The minimum atomic E-state index is -0.744. The fraction of sp³-hybridized carbons (Fsp3) is 0.600. The van der Waals surface area contributed by atoms with Gasteiger partial charge < -0.3 is 23.7 Å². The zero-order chi connectivity index (χ0) is 23.7. The van der Waals surface area contributed by atoms with Crippen LogP contribution in [0.2, 0.25) is 0 Å². The Morgan fingerprint density at radius 2 is 1.47 bits per heavy atom. The first-order valence-electron chi connectivity index (χ1n) is 10.1. The van der Waals surface area contributed by atoms with Gasteiger partial charge >= 0.3 is 6.09 Å². The molecule has 2 N–H and O–H groups in total. The standard InChI is InChI=1S/C20H31N5O7/c1-20(2,3)32-19(27)24-23-18(26)16-4-6-17(7-5-16)31-15-14-30-13-12-29-11-10-28-9-8-22-25-21/h4-7H,8-15H2,1-3H3,(H,23,26)(H,24,27). The van der Waals surface area contributed by atoms with Crippen molar-refractivity contribution in [1.29, 1.82) is 0 Å². The van der Waals surface area contributed by atoms with Gasteiger partial charge in [-0.25, -0.2) is 10.2 Å². The molecule has 32 heavy (non-hydrogen) atoms. The number of nitrogens with one attached hydrogen (secondary N) is 2. The first kappa shape index (κ1) is 27.0. The van der Waals surface area contributed by atoms with E-state index in [0.717, 1.165) is 0 Å². The number of hydrazine groups is 1. The lowest BCUT2D eigenvalue weighted by Gasteiger charge is -2.19. The summed E-state index contributed by atoms with van der Waals surface area (Å²) in [5, 5.41) is 3.35. The van der Waals surface area contributed by atoms with Gasteiger partial charge in [0.25, 0.3) is 5.91 Å². The maximum absolute atomic E-state index is 12.0. The lowest BCUT2D eigenvalue weighted by Crippen LogP contribution is -2.44. The second-order valence-corrected chi connectivity index (χ2v) is 7.25. The molecule has 0 spiro atoms. The summed E-state index contributed by atoms with van der Waals surface area (Å²) in [7, 11) is 0. The number of carbonyl (C=O) groups excluding carboxylic acids is 2. The van der Waals surface area contributed by atoms with E-state index in [9.17, 15) is 9.59 Å². The first-order valence-corrected chi connectivity index (χ1v) is 10.1. The summed E-state index contributed by atoms with van der Waals surface area (Å²) in [6, 6.07) is 6.44. The van der Waals surface area contributed by atoms with Crippen molar-refractivity contribution in [2.45, 2.75) is 26.4 Å². The van der Waals surface area contributed by atoms with Crippen molar-refractivity contribution in [2.24, 2.45) is 5.11 Å². The Morgan fingerprint density at radius 1 is 0.906 bits per heavy atom. The molecule has 0 aliphatic carbocycles. The maximum atomic E-state index is 12.0. The Balaban J connectivity index is 2.08. The van der Waals surface area contributed by atoms with E-state index in [4.69, 9.17) is 29.2 Å². The molecule has 0 saturated heterocycles. The van der Waals surface area contributed by atoms with Gasteiger partial charge in [0.15, 0.2) is 0 Å².